The van der Waals surface area contributed by atoms with Crippen molar-refractivity contribution in [1.29, 1.82) is 5.26 Å². The van der Waals surface area contributed by atoms with Crippen molar-refractivity contribution in [2.45, 2.75) is 5.16 Å². The molecular weight excluding hydrogens is 386 g/mol. The van der Waals surface area contributed by atoms with E-state index in [9.17, 15) is 4.79 Å². The number of hydrogen-bond acceptors (Lipinski definition) is 6. The van der Waals surface area contributed by atoms with Gasteiger partial charge in [0, 0.05) is 10.7 Å². The fraction of sp³-hybridized carbons (Fsp3) is 0.111. The number of benzene rings is 2. The number of carbonyl (C=O) groups is 1. The van der Waals surface area contributed by atoms with E-state index in [4.69, 9.17) is 21.6 Å². The molecule has 7 nitrogen and oxygen atoms in total. The SMILES string of the molecule is N#CCOc1ccc(NC(=O)CSc2nncn2-c2cccc(Cl)c2)cc1. The van der Waals surface area contributed by atoms with Gasteiger partial charge in [-0.1, -0.05) is 29.4 Å². The number of thioether (sulfide) groups is 1. The van der Waals surface area contributed by atoms with Gasteiger partial charge in [0.2, 0.25) is 5.91 Å². The van der Waals surface area contributed by atoms with E-state index in [1.807, 2.05) is 18.2 Å². The molecule has 0 aliphatic heterocycles. The van der Waals surface area contributed by atoms with Gasteiger partial charge in [-0.15, -0.1) is 10.2 Å². The molecule has 0 aliphatic carbocycles. The summed E-state index contributed by atoms with van der Waals surface area (Å²) in [6.07, 6.45) is 1.58. The van der Waals surface area contributed by atoms with Crippen LogP contribution in [0.15, 0.2) is 60.0 Å². The number of anilines is 1. The molecule has 2 aromatic carbocycles. The highest BCUT2D eigenvalue weighted by molar-refractivity contribution is 7.99. The third-order valence-corrected chi connectivity index (χ3v) is 4.55. The lowest BCUT2D eigenvalue weighted by Gasteiger charge is -2.08. The molecule has 1 N–H and O–H groups in total. The van der Waals surface area contributed by atoms with Crippen molar-refractivity contribution < 1.29 is 9.53 Å². The average molecular weight is 400 g/mol. The van der Waals surface area contributed by atoms with E-state index in [0.29, 0.717) is 21.6 Å². The van der Waals surface area contributed by atoms with Gasteiger partial charge >= 0.3 is 0 Å². The third-order valence-electron chi connectivity index (χ3n) is 3.38. The summed E-state index contributed by atoms with van der Waals surface area (Å²) >= 11 is 7.29. The Morgan fingerprint density at radius 3 is 2.85 bits per heavy atom. The lowest BCUT2D eigenvalue weighted by Crippen LogP contribution is -2.14. The van der Waals surface area contributed by atoms with Crippen LogP contribution in [0.5, 0.6) is 5.75 Å². The minimum absolute atomic E-state index is 0.0182. The average Bonchev–Trinajstić information content (AvgIpc) is 3.14. The number of hydrogen-bond donors (Lipinski definition) is 1. The van der Waals surface area contributed by atoms with E-state index >= 15 is 0 Å². The van der Waals surface area contributed by atoms with Crippen LogP contribution >= 0.6 is 23.4 Å². The Labute approximate surface area is 164 Å². The van der Waals surface area contributed by atoms with Crippen LogP contribution in [0.1, 0.15) is 0 Å². The summed E-state index contributed by atoms with van der Waals surface area (Å²) in [7, 11) is 0. The first-order chi connectivity index (χ1) is 13.2. The largest absolute Gasteiger partial charge is 0.479 e. The smallest absolute Gasteiger partial charge is 0.234 e. The zero-order valence-electron chi connectivity index (χ0n) is 14.0. The van der Waals surface area contributed by atoms with E-state index in [0.717, 1.165) is 5.69 Å². The molecule has 136 valence electrons. The van der Waals surface area contributed by atoms with E-state index in [1.54, 1.807) is 47.3 Å². The van der Waals surface area contributed by atoms with E-state index in [2.05, 4.69) is 15.5 Å². The number of carbonyl (C=O) groups excluding carboxylic acids is 1. The number of nitriles is 1. The number of nitrogens with one attached hydrogen (secondary N) is 1. The monoisotopic (exact) mass is 399 g/mol. The van der Waals surface area contributed by atoms with E-state index in [-0.39, 0.29) is 18.3 Å². The van der Waals surface area contributed by atoms with Gasteiger partial charge in [0.05, 0.1) is 11.4 Å². The van der Waals surface area contributed by atoms with Crippen LogP contribution in [-0.2, 0) is 4.79 Å². The molecule has 0 radical (unpaired) electrons. The minimum Gasteiger partial charge on any atom is -0.479 e. The molecule has 3 aromatic rings. The predicted molar refractivity (Wildman–Crippen MR) is 103 cm³/mol. The van der Waals surface area contributed by atoms with Gasteiger partial charge in [-0.05, 0) is 42.5 Å². The van der Waals surface area contributed by atoms with Gasteiger partial charge in [0.15, 0.2) is 11.8 Å². The second-order valence-corrected chi connectivity index (χ2v) is 6.65. The Morgan fingerprint density at radius 2 is 2.11 bits per heavy atom. The van der Waals surface area contributed by atoms with Crippen LogP contribution in [0, 0.1) is 11.3 Å². The Bertz CT molecular complexity index is 968. The Morgan fingerprint density at radius 1 is 1.30 bits per heavy atom. The van der Waals surface area contributed by atoms with Gasteiger partial charge in [-0.2, -0.15) is 5.26 Å². The summed E-state index contributed by atoms with van der Waals surface area (Å²) in [4.78, 5) is 12.2. The zero-order valence-corrected chi connectivity index (χ0v) is 15.6. The summed E-state index contributed by atoms with van der Waals surface area (Å²) in [6, 6.07) is 16.0. The minimum atomic E-state index is -0.175. The number of halogens is 1. The summed E-state index contributed by atoms with van der Waals surface area (Å²) in [5, 5.41) is 20.4. The van der Waals surface area contributed by atoms with Crippen LogP contribution in [0.3, 0.4) is 0 Å². The maximum Gasteiger partial charge on any atom is 0.234 e. The zero-order chi connectivity index (χ0) is 19.1. The van der Waals surface area contributed by atoms with Gasteiger partial charge in [-0.3, -0.25) is 9.36 Å². The van der Waals surface area contributed by atoms with E-state index in [1.165, 1.54) is 11.8 Å². The summed E-state index contributed by atoms with van der Waals surface area (Å²) in [5.74, 6) is 0.566. The fourth-order valence-corrected chi connectivity index (χ4v) is 3.12. The lowest BCUT2D eigenvalue weighted by atomic mass is 10.3. The number of amides is 1. The Kier molecular flexibility index (Phi) is 6.30. The molecule has 0 fully saturated rings. The highest BCUT2D eigenvalue weighted by Gasteiger charge is 2.11. The number of aromatic nitrogens is 3. The number of rotatable bonds is 7. The van der Waals surface area contributed by atoms with Crippen LogP contribution in [-0.4, -0.2) is 33.0 Å². The highest BCUT2D eigenvalue weighted by atomic mass is 35.5. The molecule has 3 rings (SSSR count). The second-order valence-electron chi connectivity index (χ2n) is 5.27. The first-order valence-corrected chi connectivity index (χ1v) is 9.20. The topological polar surface area (TPSA) is 92.8 Å². The molecule has 0 aliphatic rings. The molecule has 1 aromatic heterocycles. The van der Waals surface area contributed by atoms with Crippen LogP contribution in [0.2, 0.25) is 5.02 Å². The fourth-order valence-electron chi connectivity index (χ4n) is 2.20. The van der Waals surface area contributed by atoms with Gasteiger partial charge in [0.1, 0.15) is 18.1 Å². The summed E-state index contributed by atoms with van der Waals surface area (Å²) < 4.78 is 6.94. The molecule has 0 unspecified atom stereocenters. The molecule has 0 spiro atoms. The second kappa shape index (κ2) is 9.07. The van der Waals surface area contributed by atoms with E-state index < -0.39 is 0 Å². The summed E-state index contributed by atoms with van der Waals surface area (Å²) in [6.45, 7) is -0.0182. The first-order valence-electron chi connectivity index (χ1n) is 7.84. The molecule has 0 saturated heterocycles. The maximum atomic E-state index is 12.2. The first kappa shape index (κ1) is 18.8. The Balaban J connectivity index is 1.57. The van der Waals surface area contributed by atoms with Crippen molar-refractivity contribution in [2.24, 2.45) is 0 Å². The molecule has 0 atom stereocenters. The third kappa shape index (κ3) is 5.23. The van der Waals surface area contributed by atoms with Gasteiger partial charge in [-0.25, -0.2) is 0 Å². The molecule has 0 bridgehead atoms. The lowest BCUT2D eigenvalue weighted by molar-refractivity contribution is -0.113. The summed E-state index contributed by atoms with van der Waals surface area (Å²) in [5.41, 5.74) is 1.46. The van der Waals surface area contributed by atoms with Crippen molar-refractivity contribution in [3.8, 4) is 17.5 Å². The standard InChI is InChI=1S/C18H14ClN5O2S/c19-13-2-1-3-15(10-13)24-12-21-23-18(24)27-11-17(25)22-14-4-6-16(7-5-14)26-9-8-20/h1-7,10,12H,9,11H2,(H,22,25). The van der Waals surface area contributed by atoms with Crippen molar-refractivity contribution in [1.82, 2.24) is 14.8 Å². The maximum absolute atomic E-state index is 12.2. The van der Waals surface area contributed by atoms with Crippen molar-refractivity contribution in [2.75, 3.05) is 17.7 Å². The molecule has 9 heteroatoms. The van der Waals surface area contributed by atoms with Crippen LogP contribution < -0.4 is 10.1 Å². The van der Waals surface area contributed by atoms with Gasteiger partial charge < -0.3 is 10.1 Å². The highest BCUT2D eigenvalue weighted by Crippen LogP contribution is 2.22. The number of nitrogens with zero attached hydrogens (tertiary/aromatic N) is 4. The molecule has 0 saturated carbocycles. The molecule has 1 amide bonds. The molecule has 27 heavy (non-hydrogen) atoms. The number of ether oxygens (including phenoxy) is 1. The van der Waals surface area contributed by atoms with Crippen molar-refractivity contribution in [3.63, 3.8) is 0 Å². The normalized spacial score (nSPS) is 10.2. The van der Waals surface area contributed by atoms with Crippen LogP contribution in [0.4, 0.5) is 5.69 Å². The van der Waals surface area contributed by atoms with Crippen LogP contribution in [0.25, 0.3) is 5.69 Å². The van der Waals surface area contributed by atoms with Crippen molar-refractivity contribution >= 4 is 35.0 Å². The quantitative estimate of drug-likeness (QED) is 0.610. The molecule has 1 heterocycles. The predicted octanol–water partition coefficient (Wildman–Crippen LogP) is 3.55. The van der Waals surface area contributed by atoms with Gasteiger partial charge in [0.25, 0.3) is 0 Å². The Hall–Kier alpha value is -3.02. The molecular formula is C18H14ClN5O2S. The van der Waals surface area contributed by atoms with Crippen molar-refractivity contribution in [3.05, 3.63) is 59.9 Å².